The van der Waals surface area contributed by atoms with E-state index in [-0.39, 0.29) is 5.12 Å². The smallest absolute Gasteiger partial charge is 0.447 e. The van der Waals surface area contributed by atoms with Crippen LogP contribution in [0.3, 0.4) is 0 Å². The van der Waals surface area contributed by atoms with Gasteiger partial charge in [-0.15, -0.1) is 10.2 Å². The van der Waals surface area contributed by atoms with Crippen LogP contribution in [0.25, 0.3) is 0 Å². The molecule has 4 N–H and O–H groups in total. The molecule has 0 aliphatic carbocycles. The number of hydrazone groups is 1. The van der Waals surface area contributed by atoms with Crippen molar-refractivity contribution in [2.75, 3.05) is 0 Å². The van der Waals surface area contributed by atoms with E-state index in [9.17, 15) is 14.4 Å². The minimum absolute atomic E-state index is 0.104. The summed E-state index contributed by atoms with van der Waals surface area (Å²) in [6, 6.07) is 0. The van der Waals surface area contributed by atoms with E-state index in [1.165, 1.54) is 0 Å². The summed E-state index contributed by atoms with van der Waals surface area (Å²) in [5.41, 5.74) is 0.602. The van der Waals surface area contributed by atoms with E-state index in [0.717, 1.165) is 0 Å². The van der Waals surface area contributed by atoms with E-state index in [4.69, 9.17) is 15.3 Å². The Morgan fingerprint density at radius 2 is 1.80 bits per heavy atom. The molecule has 0 saturated heterocycles. The quantitative estimate of drug-likeness (QED) is 0.458. The van der Waals surface area contributed by atoms with E-state index >= 15 is 0 Å². The van der Waals surface area contributed by atoms with Crippen LogP contribution in [-0.2, 0) is 9.59 Å². The van der Waals surface area contributed by atoms with Crippen molar-refractivity contribution in [1.82, 2.24) is 10.5 Å². The molecule has 0 spiro atoms. The molecule has 1 rings (SSSR count). The van der Waals surface area contributed by atoms with Crippen LogP contribution in [0.4, 0.5) is 4.79 Å². The molecule has 1 aliphatic rings. The van der Waals surface area contributed by atoms with Gasteiger partial charge in [0.2, 0.25) is 0 Å². The lowest BCUT2D eigenvalue weighted by atomic mass is 10.3. The molecule has 0 atom stereocenters. The zero-order valence-electron chi connectivity index (χ0n) is 7.04. The molecule has 1 amide bonds. The fourth-order valence-electron chi connectivity index (χ4n) is 0.749. The molecule has 0 bridgehead atoms. The number of hydrogen-bond donors (Lipinski definition) is 4. The molecule has 15 heavy (non-hydrogen) atoms. The molecule has 9 nitrogen and oxygen atoms in total. The summed E-state index contributed by atoms with van der Waals surface area (Å²) >= 11 is 0. The summed E-state index contributed by atoms with van der Waals surface area (Å²) in [7, 11) is 0. The van der Waals surface area contributed by atoms with Crippen LogP contribution >= 0.6 is 0 Å². The minimum atomic E-state index is -1.62. The second-order valence-corrected chi connectivity index (χ2v) is 2.36. The highest BCUT2D eigenvalue weighted by molar-refractivity contribution is 6.41. The number of hydrazine groups is 1. The lowest BCUT2D eigenvalue weighted by Gasteiger charge is -2.19. The molecule has 1 aliphatic heterocycles. The van der Waals surface area contributed by atoms with Gasteiger partial charge >= 0.3 is 18.0 Å². The number of carbonyl (C=O) groups is 3. The van der Waals surface area contributed by atoms with Crippen LogP contribution in [0.1, 0.15) is 0 Å². The highest BCUT2D eigenvalue weighted by atomic mass is 16.4. The minimum Gasteiger partial charge on any atom is -0.477 e. The summed E-state index contributed by atoms with van der Waals surface area (Å²) in [4.78, 5) is 31.4. The van der Waals surface area contributed by atoms with Gasteiger partial charge in [0.15, 0.2) is 5.71 Å². The first-order valence-corrected chi connectivity index (χ1v) is 3.48. The van der Waals surface area contributed by atoms with E-state index in [2.05, 4.69) is 5.10 Å². The fourth-order valence-corrected chi connectivity index (χ4v) is 0.749. The van der Waals surface area contributed by atoms with Crippen LogP contribution in [0.15, 0.2) is 16.9 Å². The zero-order chi connectivity index (χ0) is 11.6. The SMILES string of the molecule is O=C(O)C1=CC(C(=O)O)=NN(C(=O)O)N1. The lowest BCUT2D eigenvalue weighted by Crippen LogP contribution is -2.43. The Kier molecular flexibility index (Phi) is 2.56. The van der Waals surface area contributed by atoms with Crippen molar-refractivity contribution >= 4 is 23.7 Å². The predicted octanol–water partition coefficient (Wildman–Crippen LogP) is -1.11. The topological polar surface area (TPSA) is 140 Å². The molecule has 0 aromatic rings. The third-order valence-corrected chi connectivity index (χ3v) is 1.35. The van der Waals surface area contributed by atoms with Crippen molar-refractivity contribution in [3.8, 4) is 0 Å². The summed E-state index contributed by atoms with van der Waals surface area (Å²) in [6.07, 6.45) is -0.912. The van der Waals surface area contributed by atoms with Gasteiger partial charge in [0.25, 0.3) is 0 Å². The summed E-state index contributed by atoms with van der Waals surface area (Å²) in [5, 5.41) is 28.8. The fraction of sp³-hybridized carbons (Fsp3) is 0. The molecule has 9 heteroatoms. The van der Waals surface area contributed by atoms with Gasteiger partial charge in [-0.3, -0.25) is 5.43 Å². The van der Waals surface area contributed by atoms with Crippen molar-refractivity contribution in [1.29, 1.82) is 0 Å². The Balaban J connectivity index is 3.07. The third-order valence-electron chi connectivity index (χ3n) is 1.35. The van der Waals surface area contributed by atoms with Gasteiger partial charge in [0.1, 0.15) is 5.70 Å². The zero-order valence-corrected chi connectivity index (χ0v) is 7.04. The van der Waals surface area contributed by atoms with Crippen molar-refractivity contribution in [3.63, 3.8) is 0 Å². The first-order chi connectivity index (χ1) is 6.91. The van der Waals surface area contributed by atoms with E-state index in [1.54, 1.807) is 0 Å². The van der Waals surface area contributed by atoms with Crippen molar-refractivity contribution in [3.05, 3.63) is 11.8 Å². The van der Waals surface area contributed by atoms with E-state index in [1.807, 2.05) is 5.43 Å². The maximum absolute atomic E-state index is 10.5. The first kappa shape index (κ1) is 10.5. The average molecular weight is 215 g/mol. The maximum atomic E-state index is 10.5. The second-order valence-electron chi connectivity index (χ2n) is 2.36. The number of carboxylic acid groups (broad SMARTS) is 3. The first-order valence-electron chi connectivity index (χ1n) is 3.48. The highest BCUT2D eigenvalue weighted by Crippen LogP contribution is 2.03. The maximum Gasteiger partial charge on any atom is 0.447 e. The van der Waals surface area contributed by atoms with Gasteiger partial charge in [-0.25, -0.2) is 14.4 Å². The molecule has 80 valence electrons. The average Bonchev–Trinajstić information content (AvgIpc) is 2.16. The third kappa shape index (κ3) is 2.21. The molecular weight excluding hydrogens is 210 g/mol. The number of nitrogens with one attached hydrogen (secondary N) is 1. The Labute approximate surface area is 81.9 Å². The van der Waals surface area contributed by atoms with Crippen LogP contribution in [0.5, 0.6) is 0 Å². The monoisotopic (exact) mass is 215 g/mol. The molecule has 0 radical (unpaired) electrons. The summed E-state index contributed by atoms with van der Waals surface area (Å²) in [6.45, 7) is 0. The molecular formula is C6H5N3O6. The van der Waals surface area contributed by atoms with E-state index < -0.39 is 29.4 Å². The number of nitrogens with zero attached hydrogens (tertiary/aromatic N) is 2. The van der Waals surface area contributed by atoms with Gasteiger partial charge in [0, 0.05) is 6.08 Å². The van der Waals surface area contributed by atoms with Crippen molar-refractivity contribution < 1.29 is 29.7 Å². The largest absolute Gasteiger partial charge is 0.477 e. The standard InChI is InChI=1S/C6H5N3O6/c10-4(11)2-1-3(5(12)13)8-9(7-2)6(14)15/h1,7H,(H,10,11)(H,12,13)(H,14,15). The Morgan fingerprint density at radius 3 is 2.20 bits per heavy atom. The number of hydrogen-bond acceptors (Lipinski definition) is 5. The highest BCUT2D eigenvalue weighted by Gasteiger charge is 2.24. The Morgan fingerprint density at radius 1 is 1.20 bits per heavy atom. The number of amides is 1. The van der Waals surface area contributed by atoms with Gasteiger partial charge in [-0.05, 0) is 0 Å². The molecule has 0 aromatic heterocycles. The second kappa shape index (κ2) is 3.65. The summed E-state index contributed by atoms with van der Waals surface area (Å²) in [5.74, 6) is -3.02. The molecule has 0 unspecified atom stereocenters. The van der Waals surface area contributed by atoms with Gasteiger partial charge in [0.05, 0.1) is 0 Å². The Hall–Kier alpha value is -2.58. The lowest BCUT2D eigenvalue weighted by molar-refractivity contribution is -0.133. The Bertz CT molecular complexity index is 398. The number of rotatable bonds is 2. The van der Waals surface area contributed by atoms with E-state index in [0.29, 0.717) is 6.08 Å². The van der Waals surface area contributed by atoms with Crippen molar-refractivity contribution in [2.24, 2.45) is 5.10 Å². The summed E-state index contributed by atoms with van der Waals surface area (Å²) < 4.78 is 0. The van der Waals surface area contributed by atoms with Gasteiger partial charge < -0.3 is 15.3 Å². The van der Waals surface area contributed by atoms with Crippen molar-refractivity contribution in [2.45, 2.75) is 0 Å². The van der Waals surface area contributed by atoms with Gasteiger partial charge in [-0.2, -0.15) is 0 Å². The van der Waals surface area contributed by atoms with Crippen LogP contribution < -0.4 is 5.43 Å². The molecule has 0 fully saturated rings. The van der Waals surface area contributed by atoms with Crippen LogP contribution in [0.2, 0.25) is 0 Å². The number of aliphatic carboxylic acids is 2. The van der Waals surface area contributed by atoms with Crippen LogP contribution in [-0.4, -0.2) is 44.2 Å². The molecule has 0 saturated carbocycles. The normalized spacial score (nSPS) is 14.8. The molecule has 0 aromatic carbocycles. The number of carboxylic acids is 2. The predicted molar refractivity (Wildman–Crippen MR) is 43.8 cm³/mol. The van der Waals surface area contributed by atoms with Gasteiger partial charge in [-0.1, -0.05) is 0 Å². The molecule has 1 heterocycles. The van der Waals surface area contributed by atoms with Crippen LogP contribution in [0, 0.1) is 0 Å².